The zero-order valence-electron chi connectivity index (χ0n) is 9.68. The zero-order chi connectivity index (χ0) is 12.1. The first-order valence-corrected chi connectivity index (χ1v) is 5.32. The van der Waals surface area contributed by atoms with Crippen LogP contribution in [0.5, 0.6) is 5.75 Å². The van der Waals surface area contributed by atoms with Crippen LogP contribution < -0.4 is 10.5 Å². The molecule has 4 heteroatoms. The molecule has 0 radical (unpaired) electrons. The minimum Gasteiger partial charge on any atom is -0.491 e. The average Bonchev–Trinajstić information content (AvgIpc) is 2.26. The fourth-order valence-corrected chi connectivity index (χ4v) is 1.36. The van der Waals surface area contributed by atoms with Gasteiger partial charge in [0, 0.05) is 6.04 Å². The van der Waals surface area contributed by atoms with Crippen LogP contribution in [0.15, 0.2) is 18.2 Å². The molecule has 0 amide bonds. The highest BCUT2D eigenvalue weighted by atomic mass is 16.5. The molecule has 0 spiro atoms. The lowest BCUT2D eigenvalue weighted by molar-refractivity contribution is 0.0534. The van der Waals surface area contributed by atoms with E-state index in [0.717, 1.165) is 11.1 Å². The molecule has 0 aromatic heterocycles. The Morgan fingerprint density at radius 2 is 2.12 bits per heavy atom. The van der Waals surface area contributed by atoms with Gasteiger partial charge < -0.3 is 20.7 Å². The number of aliphatic hydroxyl groups excluding tert-OH is 2. The van der Waals surface area contributed by atoms with E-state index in [9.17, 15) is 0 Å². The van der Waals surface area contributed by atoms with Crippen molar-refractivity contribution in [2.75, 3.05) is 13.2 Å². The topological polar surface area (TPSA) is 75.7 Å². The molecule has 0 aliphatic carbocycles. The molecule has 2 atom stereocenters. The number of hydrogen-bond donors (Lipinski definition) is 3. The Balaban J connectivity index is 2.68. The van der Waals surface area contributed by atoms with Gasteiger partial charge in [-0.2, -0.15) is 0 Å². The predicted molar refractivity (Wildman–Crippen MR) is 62.4 cm³/mol. The molecule has 90 valence electrons. The standard InChI is InChI=1S/C12H19NO3/c1-8-5-10(9(2)13)3-4-12(8)16-7-11(15)6-14/h3-5,9,11,14-15H,6-7,13H2,1-2H3/t9-,11?/m1/s1. The first-order chi connectivity index (χ1) is 7.54. The smallest absolute Gasteiger partial charge is 0.122 e. The van der Waals surface area contributed by atoms with Crippen LogP contribution in [0.25, 0.3) is 0 Å². The van der Waals surface area contributed by atoms with E-state index in [2.05, 4.69) is 0 Å². The SMILES string of the molecule is Cc1cc([C@@H](C)N)ccc1OCC(O)CO. The highest BCUT2D eigenvalue weighted by Crippen LogP contribution is 2.21. The van der Waals surface area contributed by atoms with Crippen LogP contribution in [-0.2, 0) is 0 Å². The number of aryl methyl sites for hydroxylation is 1. The summed E-state index contributed by atoms with van der Waals surface area (Å²) in [5, 5.41) is 17.8. The quantitative estimate of drug-likeness (QED) is 0.691. The fourth-order valence-electron chi connectivity index (χ4n) is 1.36. The van der Waals surface area contributed by atoms with Crippen molar-refractivity contribution in [2.24, 2.45) is 5.73 Å². The summed E-state index contributed by atoms with van der Waals surface area (Å²) >= 11 is 0. The van der Waals surface area contributed by atoms with E-state index in [1.54, 1.807) is 0 Å². The number of nitrogens with two attached hydrogens (primary N) is 1. The molecular weight excluding hydrogens is 206 g/mol. The summed E-state index contributed by atoms with van der Waals surface area (Å²) in [7, 11) is 0. The van der Waals surface area contributed by atoms with Crippen molar-refractivity contribution >= 4 is 0 Å². The largest absolute Gasteiger partial charge is 0.491 e. The van der Waals surface area contributed by atoms with Gasteiger partial charge in [0.15, 0.2) is 0 Å². The Bertz CT molecular complexity index is 339. The number of hydrogen-bond acceptors (Lipinski definition) is 4. The summed E-state index contributed by atoms with van der Waals surface area (Å²) in [6, 6.07) is 5.69. The minimum absolute atomic E-state index is 0.00391. The van der Waals surface area contributed by atoms with Crippen LogP contribution in [-0.4, -0.2) is 29.5 Å². The van der Waals surface area contributed by atoms with Crippen molar-refractivity contribution in [1.29, 1.82) is 0 Å². The van der Waals surface area contributed by atoms with Crippen molar-refractivity contribution in [2.45, 2.75) is 26.0 Å². The first-order valence-electron chi connectivity index (χ1n) is 5.32. The first kappa shape index (κ1) is 13.0. The van der Waals surface area contributed by atoms with Crippen LogP contribution >= 0.6 is 0 Å². The van der Waals surface area contributed by atoms with Gasteiger partial charge in [0.25, 0.3) is 0 Å². The summed E-state index contributed by atoms with van der Waals surface area (Å²) in [5.74, 6) is 0.705. The van der Waals surface area contributed by atoms with Crippen molar-refractivity contribution in [3.8, 4) is 5.75 Å². The van der Waals surface area contributed by atoms with Gasteiger partial charge in [-0.15, -0.1) is 0 Å². The van der Waals surface area contributed by atoms with Gasteiger partial charge in [0.1, 0.15) is 18.5 Å². The average molecular weight is 225 g/mol. The van der Waals surface area contributed by atoms with Gasteiger partial charge in [-0.25, -0.2) is 0 Å². The van der Waals surface area contributed by atoms with E-state index in [1.807, 2.05) is 32.0 Å². The van der Waals surface area contributed by atoms with Gasteiger partial charge in [-0.05, 0) is 31.0 Å². The van der Waals surface area contributed by atoms with Crippen molar-refractivity contribution < 1.29 is 14.9 Å². The molecule has 0 saturated heterocycles. The second kappa shape index (κ2) is 5.84. The maximum Gasteiger partial charge on any atom is 0.122 e. The van der Waals surface area contributed by atoms with Gasteiger partial charge in [-0.1, -0.05) is 12.1 Å². The van der Waals surface area contributed by atoms with Gasteiger partial charge >= 0.3 is 0 Å². The van der Waals surface area contributed by atoms with Crippen LogP contribution in [0, 0.1) is 6.92 Å². The molecule has 0 bridgehead atoms. The Morgan fingerprint density at radius 1 is 1.44 bits per heavy atom. The zero-order valence-corrected chi connectivity index (χ0v) is 9.68. The van der Waals surface area contributed by atoms with Crippen molar-refractivity contribution in [1.82, 2.24) is 0 Å². The number of ether oxygens (including phenoxy) is 1. The maximum atomic E-state index is 9.16. The molecule has 1 unspecified atom stereocenters. The summed E-state index contributed by atoms with van der Waals surface area (Å²) in [6.45, 7) is 3.64. The lowest BCUT2D eigenvalue weighted by Crippen LogP contribution is -2.21. The van der Waals surface area contributed by atoms with E-state index < -0.39 is 6.10 Å². The van der Waals surface area contributed by atoms with Gasteiger partial charge in [0.2, 0.25) is 0 Å². The lowest BCUT2D eigenvalue weighted by Gasteiger charge is -2.14. The fraction of sp³-hybridized carbons (Fsp3) is 0.500. The third-order valence-electron chi connectivity index (χ3n) is 2.37. The van der Waals surface area contributed by atoms with E-state index in [1.165, 1.54) is 0 Å². The van der Waals surface area contributed by atoms with E-state index in [0.29, 0.717) is 5.75 Å². The second-order valence-corrected chi connectivity index (χ2v) is 3.96. The van der Waals surface area contributed by atoms with Crippen molar-refractivity contribution in [3.63, 3.8) is 0 Å². The van der Waals surface area contributed by atoms with E-state index >= 15 is 0 Å². The van der Waals surface area contributed by atoms with Gasteiger partial charge in [0.05, 0.1) is 6.61 Å². The summed E-state index contributed by atoms with van der Waals surface area (Å²) in [5.41, 5.74) is 7.78. The lowest BCUT2D eigenvalue weighted by atomic mass is 10.1. The van der Waals surface area contributed by atoms with E-state index in [4.69, 9.17) is 20.7 Å². The molecule has 4 nitrogen and oxygen atoms in total. The maximum absolute atomic E-state index is 9.16. The molecule has 1 rings (SSSR count). The van der Waals surface area contributed by atoms with Crippen molar-refractivity contribution in [3.05, 3.63) is 29.3 Å². The Labute approximate surface area is 95.7 Å². The summed E-state index contributed by atoms with van der Waals surface area (Å²) < 4.78 is 5.37. The molecule has 1 aromatic rings. The second-order valence-electron chi connectivity index (χ2n) is 3.96. The third kappa shape index (κ3) is 3.48. The molecule has 0 aliphatic rings. The summed E-state index contributed by atoms with van der Waals surface area (Å²) in [4.78, 5) is 0. The Hall–Kier alpha value is -1.10. The minimum atomic E-state index is -0.840. The highest BCUT2D eigenvalue weighted by molar-refractivity contribution is 5.37. The number of aliphatic hydroxyl groups is 2. The Kier molecular flexibility index (Phi) is 4.73. The molecule has 0 heterocycles. The van der Waals surface area contributed by atoms with Gasteiger partial charge in [-0.3, -0.25) is 0 Å². The van der Waals surface area contributed by atoms with Crippen LogP contribution in [0.3, 0.4) is 0 Å². The third-order valence-corrected chi connectivity index (χ3v) is 2.37. The number of benzene rings is 1. The molecule has 0 aliphatic heterocycles. The highest BCUT2D eigenvalue weighted by Gasteiger charge is 2.07. The van der Waals surface area contributed by atoms with E-state index in [-0.39, 0.29) is 19.3 Å². The Morgan fingerprint density at radius 3 is 2.62 bits per heavy atom. The van der Waals surface area contributed by atoms with Crippen LogP contribution in [0.1, 0.15) is 24.1 Å². The monoisotopic (exact) mass is 225 g/mol. The molecule has 0 fully saturated rings. The molecule has 16 heavy (non-hydrogen) atoms. The van der Waals surface area contributed by atoms with Crippen LogP contribution in [0.4, 0.5) is 0 Å². The number of rotatable bonds is 5. The summed E-state index contributed by atoms with van der Waals surface area (Å²) in [6.07, 6.45) is -0.840. The molecule has 0 saturated carbocycles. The molecular formula is C12H19NO3. The van der Waals surface area contributed by atoms with Crippen LogP contribution in [0.2, 0.25) is 0 Å². The predicted octanol–water partition coefficient (Wildman–Crippen LogP) is 0.747. The molecule has 1 aromatic carbocycles. The normalized spacial score (nSPS) is 14.6. The molecule has 4 N–H and O–H groups in total.